The molecule has 51 heavy (non-hydrogen) atoms. The molecule has 8 rings (SSSR count). The van der Waals surface area contributed by atoms with Crippen molar-refractivity contribution < 1.29 is 62.5 Å². The first kappa shape index (κ1) is 35.0. The molecule has 1 spiro atoms. The summed E-state index contributed by atoms with van der Waals surface area (Å²) >= 11 is 0. The molecule has 0 unspecified atom stereocenters. The second-order valence-electron chi connectivity index (χ2n) is 16.9. The van der Waals surface area contributed by atoms with E-state index in [4.69, 9.17) is 32.8 Å². The van der Waals surface area contributed by atoms with Gasteiger partial charge in [0.25, 0.3) is 5.97 Å². The van der Waals surface area contributed by atoms with Crippen LogP contribution in [0.4, 0.5) is 0 Å². The fraction of sp³-hybridized carbons (Fsp3) is 0.711. The Kier molecular flexibility index (Phi) is 6.80. The van der Waals surface area contributed by atoms with Crippen LogP contribution in [0.5, 0.6) is 0 Å². The van der Waals surface area contributed by atoms with Gasteiger partial charge in [-0.3, -0.25) is 0 Å². The highest BCUT2D eigenvalue weighted by Gasteiger charge is 3.03. The van der Waals surface area contributed by atoms with Crippen molar-refractivity contribution >= 4 is 17.9 Å². The average Bonchev–Trinajstić information content (AvgIpc) is 3.87. The monoisotopic (exact) mass is 712 g/mol. The van der Waals surface area contributed by atoms with Gasteiger partial charge >= 0.3 is 17.9 Å². The van der Waals surface area contributed by atoms with E-state index in [9.17, 15) is 29.7 Å². The van der Waals surface area contributed by atoms with Crippen molar-refractivity contribution in [3.63, 3.8) is 0 Å². The second kappa shape index (κ2) is 9.91. The Balaban J connectivity index is 1.48. The number of ether oxygens (including phenoxy) is 6. The Morgan fingerprint density at radius 1 is 1.18 bits per heavy atom. The molecular weight excluding hydrogens is 664 g/mol. The van der Waals surface area contributed by atoms with Gasteiger partial charge in [-0.2, -0.15) is 0 Å². The number of aliphatic hydroxyl groups is 3. The highest BCUT2D eigenvalue weighted by atomic mass is 17.0. The maximum absolute atomic E-state index is 13.7. The molecule has 0 amide bonds. The molecule has 0 radical (unpaired) electrons. The number of furan rings is 1. The zero-order valence-corrected chi connectivity index (χ0v) is 30.5. The summed E-state index contributed by atoms with van der Waals surface area (Å²) in [7, 11) is 1.16. The number of allylic oxidation sites excluding steroid dienone is 1. The minimum absolute atomic E-state index is 0.172. The van der Waals surface area contributed by atoms with Gasteiger partial charge in [-0.25, -0.2) is 14.4 Å². The Morgan fingerprint density at radius 2 is 1.88 bits per heavy atom. The number of carbonyl (C=O) groups is 3. The molecular formula is C38H48O13. The first-order valence-electron chi connectivity index (χ1n) is 17.9. The lowest BCUT2D eigenvalue weighted by Gasteiger charge is -2.76. The van der Waals surface area contributed by atoms with Gasteiger partial charge in [0.15, 0.2) is 16.8 Å². The minimum Gasteiger partial charge on any atom is -0.472 e. The molecule has 13 heteroatoms. The predicted octanol–water partition coefficient (Wildman–Crippen LogP) is 3.55. The van der Waals surface area contributed by atoms with E-state index in [-0.39, 0.29) is 18.4 Å². The van der Waals surface area contributed by atoms with E-state index in [2.05, 4.69) is 0 Å². The molecule has 278 valence electrons. The maximum Gasteiger partial charge on any atom is 0.337 e. The smallest absolute Gasteiger partial charge is 0.337 e. The molecule has 14 atom stereocenters. The van der Waals surface area contributed by atoms with Crippen LogP contribution >= 0.6 is 0 Å². The number of hydrogen-bond acceptors (Lipinski definition) is 13. The quantitative estimate of drug-likeness (QED) is 0.212. The lowest BCUT2D eigenvalue weighted by molar-refractivity contribution is -0.459. The number of fused-ring (bicyclic) bond motifs is 4. The summed E-state index contributed by atoms with van der Waals surface area (Å²) in [6.07, 6.45) is 2.91. The summed E-state index contributed by atoms with van der Waals surface area (Å²) < 4.78 is 44.3. The molecule has 7 aliphatic rings. The zero-order valence-electron chi connectivity index (χ0n) is 30.5. The number of rotatable bonds is 7. The molecule has 4 aliphatic carbocycles. The number of esters is 3. The zero-order chi connectivity index (χ0) is 37.2. The van der Waals surface area contributed by atoms with Crippen LogP contribution in [0.25, 0.3) is 0 Å². The maximum atomic E-state index is 13.7. The van der Waals surface area contributed by atoms with Crippen LogP contribution in [-0.4, -0.2) is 86.5 Å². The van der Waals surface area contributed by atoms with E-state index in [0.717, 1.165) is 7.11 Å². The highest BCUT2D eigenvalue weighted by molar-refractivity contribution is 5.88. The van der Waals surface area contributed by atoms with Crippen molar-refractivity contribution in [3.05, 3.63) is 47.5 Å². The van der Waals surface area contributed by atoms with Gasteiger partial charge in [-0.15, -0.1) is 0 Å². The molecule has 4 heterocycles. The minimum atomic E-state index is -2.42. The standard InChI is InChI=1S/C38H48O13/c1-10-19(3)25(40)48-27-31(6)18-34(43)33(8,26(31)32(7,42)29(41)45-9)35-14-13-30(5)22(16-23(39)47-24(30)21-12-15-46-17-21)37(35)28(36(27,34)44)49-38(50-35,51-37)20(4)11-2/h10,12,15-17,20,24,26-28,42-44H,11,13-14,18H2,1-9H3/b19-10+/t20-,24+,26+,27-,28+,30+,31+,32-,33+,34+,35+,36-,37-,38+/m0/s1. The van der Waals surface area contributed by atoms with Crippen LogP contribution in [0.15, 0.2) is 46.3 Å². The van der Waals surface area contributed by atoms with Crippen molar-refractivity contribution in [2.24, 2.45) is 28.1 Å². The molecule has 0 aromatic carbocycles. The summed E-state index contributed by atoms with van der Waals surface area (Å²) in [5, 5.41) is 39.7. The van der Waals surface area contributed by atoms with Crippen molar-refractivity contribution in [1.29, 1.82) is 0 Å². The fourth-order valence-electron chi connectivity index (χ4n) is 12.6. The third kappa shape index (κ3) is 3.36. The fourth-order valence-corrected chi connectivity index (χ4v) is 12.6. The van der Waals surface area contributed by atoms with Crippen molar-refractivity contribution in [3.8, 4) is 0 Å². The van der Waals surface area contributed by atoms with Crippen LogP contribution in [0, 0.1) is 28.1 Å². The van der Waals surface area contributed by atoms with Crippen LogP contribution in [0.1, 0.15) is 92.7 Å². The molecule has 1 aromatic rings. The largest absolute Gasteiger partial charge is 0.472 e. The first-order valence-corrected chi connectivity index (χ1v) is 17.9. The van der Waals surface area contributed by atoms with Gasteiger partial charge in [-0.05, 0) is 58.1 Å². The number of cyclic esters (lactones) is 1. The first-order chi connectivity index (χ1) is 23.7. The lowest BCUT2D eigenvalue weighted by Crippen LogP contribution is -2.93. The van der Waals surface area contributed by atoms with E-state index in [0.29, 0.717) is 24.0 Å². The summed E-state index contributed by atoms with van der Waals surface area (Å²) in [5.41, 5.74) is -13.3. The van der Waals surface area contributed by atoms with E-state index in [1.54, 1.807) is 39.8 Å². The van der Waals surface area contributed by atoms with Gasteiger partial charge in [-0.1, -0.05) is 40.7 Å². The number of methoxy groups -OCH3 is 1. The normalized spacial score (nSPS) is 50.5. The molecule has 3 aliphatic heterocycles. The van der Waals surface area contributed by atoms with Gasteiger partial charge in [0.1, 0.15) is 29.5 Å². The molecule has 1 aromatic heterocycles. The third-order valence-corrected chi connectivity index (χ3v) is 14.8. The number of carbonyl (C=O) groups excluding carboxylic acids is 3. The van der Waals surface area contributed by atoms with Gasteiger partial charge in [0.05, 0.1) is 19.6 Å². The SMILES string of the molecule is C/C=C(\C)C(=O)O[C@H]1[C@]2(C)C[C@]3(O)[C@@]1(O)[C@H]1O[C@]4([C@@H](C)CC)O[C@]5(CC[C@]6(C)C(=CC(=O)O[C@@H]6c6ccoc6)[C@]15O4)[C@]3(C)[C@H]2[C@](C)(O)C(=O)OC. The van der Waals surface area contributed by atoms with Crippen molar-refractivity contribution in [2.75, 3.05) is 7.11 Å². The Bertz CT molecular complexity index is 1800. The average molecular weight is 713 g/mol. The molecule has 2 saturated heterocycles. The van der Waals surface area contributed by atoms with Gasteiger partial charge < -0.3 is 48.2 Å². The molecule has 6 fully saturated rings. The predicted molar refractivity (Wildman–Crippen MR) is 174 cm³/mol. The van der Waals surface area contributed by atoms with Gasteiger partial charge in [0.2, 0.25) is 0 Å². The van der Waals surface area contributed by atoms with E-state index in [1.807, 2.05) is 20.8 Å². The van der Waals surface area contributed by atoms with Crippen molar-refractivity contribution in [2.45, 2.75) is 133 Å². The van der Waals surface area contributed by atoms with E-state index in [1.165, 1.54) is 25.5 Å². The molecule has 3 N–H and O–H groups in total. The lowest BCUT2D eigenvalue weighted by atomic mass is 9.34. The Labute approximate surface area is 296 Å². The molecule has 4 bridgehead atoms. The molecule has 13 nitrogen and oxygen atoms in total. The van der Waals surface area contributed by atoms with E-state index >= 15 is 0 Å². The third-order valence-electron chi connectivity index (χ3n) is 14.8. The Hall–Kier alpha value is -3.07. The Morgan fingerprint density at radius 3 is 2.49 bits per heavy atom. The second-order valence-corrected chi connectivity index (χ2v) is 16.9. The summed E-state index contributed by atoms with van der Waals surface area (Å²) in [6, 6.07) is 1.72. The van der Waals surface area contributed by atoms with Crippen molar-refractivity contribution in [1.82, 2.24) is 0 Å². The van der Waals surface area contributed by atoms with Crippen LogP contribution in [0.3, 0.4) is 0 Å². The van der Waals surface area contributed by atoms with E-state index < -0.39 is 98.3 Å². The highest BCUT2D eigenvalue weighted by Crippen LogP contribution is 2.88. The van der Waals surface area contributed by atoms with Crippen LogP contribution in [0.2, 0.25) is 0 Å². The topological polar surface area (TPSA) is 180 Å². The van der Waals surface area contributed by atoms with Crippen LogP contribution in [-0.2, 0) is 42.8 Å². The molecule has 4 saturated carbocycles. The summed E-state index contributed by atoms with van der Waals surface area (Å²) in [6.45, 7) is 13.7. The summed E-state index contributed by atoms with van der Waals surface area (Å²) in [5.74, 6) is -5.93. The van der Waals surface area contributed by atoms with Crippen LogP contribution < -0.4 is 0 Å². The summed E-state index contributed by atoms with van der Waals surface area (Å²) in [4.78, 5) is 41.2. The van der Waals surface area contributed by atoms with Gasteiger partial charge in [0, 0.05) is 45.3 Å². The number of hydrogen-bond donors (Lipinski definition) is 3.